The van der Waals surface area contributed by atoms with Gasteiger partial charge in [-0.3, -0.25) is 4.90 Å². The van der Waals surface area contributed by atoms with Crippen LogP contribution in [0.3, 0.4) is 0 Å². The second-order valence-corrected chi connectivity index (χ2v) is 4.32. The Bertz CT molecular complexity index is 560. The van der Waals surface area contributed by atoms with Crippen molar-refractivity contribution in [3.05, 3.63) is 30.1 Å². The van der Waals surface area contributed by atoms with E-state index in [1.807, 2.05) is 41.8 Å². The number of esters is 1. The summed E-state index contributed by atoms with van der Waals surface area (Å²) in [6.07, 6.45) is 1.73. The Labute approximate surface area is 106 Å². The molecule has 0 radical (unpaired) electrons. The Hall–Kier alpha value is -1.88. The van der Waals surface area contributed by atoms with Crippen molar-refractivity contribution in [1.82, 2.24) is 14.5 Å². The van der Waals surface area contributed by atoms with E-state index in [2.05, 4.69) is 4.98 Å². The van der Waals surface area contributed by atoms with E-state index in [9.17, 15) is 4.79 Å². The molecule has 0 amide bonds. The van der Waals surface area contributed by atoms with Gasteiger partial charge < -0.3 is 9.30 Å². The van der Waals surface area contributed by atoms with E-state index in [4.69, 9.17) is 4.74 Å². The van der Waals surface area contributed by atoms with Crippen molar-refractivity contribution in [2.24, 2.45) is 0 Å². The van der Waals surface area contributed by atoms with E-state index >= 15 is 0 Å². The van der Waals surface area contributed by atoms with Gasteiger partial charge in [0.2, 0.25) is 0 Å². The minimum Gasteiger partial charge on any atom is -0.461 e. The summed E-state index contributed by atoms with van der Waals surface area (Å²) in [7, 11) is 3.90. The lowest BCUT2D eigenvalue weighted by atomic mass is 10.3. The molecule has 2 aromatic heterocycles. The molecule has 96 valence electrons. The van der Waals surface area contributed by atoms with Crippen molar-refractivity contribution in [2.75, 3.05) is 20.7 Å². The van der Waals surface area contributed by atoms with E-state index in [0.29, 0.717) is 19.0 Å². The third-order valence-electron chi connectivity index (χ3n) is 2.56. The van der Waals surface area contributed by atoms with Gasteiger partial charge in [-0.1, -0.05) is 0 Å². The molecule has 0 aromatic carbocycles. The van der Waals surface area contributed by atoms with Crippen molar-refractivity contribution >= 4 is 17.0 Å². The van der Waals surface area contributed by atoms with Crippen LogP contribution in [-0.4, -0.2) is 41.1 Å². The predicted molar refractivity (Wildman–Crippen MR) is 69.4 cm³/mol. The zero-order valence-corrected chi connectivity index (χ0v) is 10.9. The molecule has 5 nitrogen and oxygen atoms in total. The zero-order chi connectivity index (χ0) is 13.1. The van der Waals surface area contributed by atoms with Gasteiger partial charge in [-0.05, 0) is 39.2 Å². The van der Waals surface area contributed by atoms with Crippen LogP contribution < -0.4 is 0 Å². The van der Waals surface area contributed by atoms with Gasteiger partial charge in [0.15, 0.2) is 0 Å². The Kier molecular flexibility index (Phi) is 3.62. The fraction of sp³-hybridized carbons (Fsp3) is 0.385. The fourth-order valence-electron chi connectivity index (χ4n) is 1.89. The first-order chi connectivity index (χ1) is 8.63. The van der Waals surface area contributed by atoms with Gasteiger partial charge in [0, 0.05) is 11.6 Å². The van der Waals surface area contributed by atoms with Crippen molar-refractivity contribution in [3.63, 3.8) is 0 Å². The number of fused-ring (bicyclic) bond motifs is 1. The Morgan fingerprint density at radius 2 is 2.28 bits per heavy atom. The van der Waals surface area contributed by atoms with Crippen molar-refractivity contribution in [1.29, 1.82) is 0 Å². The van der Waals surface area contributed by atoms with Crippen LogP contribution in [0.25, 0.3) is 11.0 Å². The maximum Gasteiger partial charge on any atom is 0.355 e. The van der Waals surface area contributed by atoms with Gasteiger partial charge in [-0.2, -0.15) is 0 Å². The molecule has 0 fully saturated rings. The third-order valence-corrected chi connectivity index (χ3v) is 2.56. The van der Waals surface area contributed by atoms with Crippen molar-refractivity contribution < 1.29 is 9.53 Å². The van der Waals surface area contributed by atoms with Crippen LogP contribution in [0.15, 0.2) is 24.4 Å². The summed E-state index contributed by atoms with van der Waals surface area (Å²) in [5.74, 6) is -0.308. The molecule has 0 aliphatic carbocycles. The van der Waals surface area contributed by atoms with Gasteiger partial charge in [-0.15, -0.1) is 0 Å². The molecule has 0 spiro atoms. The number of carbonyl (C=O) groups is 1. The van der Waals surface area contributed by atoms with E-state index in [1.54, 1.807) is 13.1 Å². The summed E-state index contributed by atoms with van der Waals surface area (Å²) in [6.45, 7) is 2.76. The highest BCUT2D eigenvalue weighted by molar-refractivity contribution is 5.94. The lowest BCUT2D eigenvalue weighted by molar-refractivity contribution is 0.0511. The van der Waals surface area contributed by atoms with Gasteiger partial charge >= 0.3 is 5.97 Å². The van der Waals surface area contributed by atoms with Crippen LogP contribution in [0.5, 0.6) is 0 Å². The van der Waals surface area contributed by atoms with Crippen molar-refractivity contribution in [2.45, 2.75) is 13.6 Å². The quantitative estimate of drug-likeness (QED) is 0.772. The second kappa shape index (κ2) is 5.18. The molecular formula is C13H17N3O2. The van der Waals surface area contributed by atoms with Crippen LogP contribution in [0.1, 0.15) is 17.4 Å². The molecular weight excluding hydrogens is 230 g/mol. The van der Waals surface area contributed by atoms with Gasteiger partial charge in [0.05, 0.1) is 13.3 Å². The fourth-order valence-corrected chi connectivity index (χ4v) is 1.89. The molecule has 0 aliphatic rings. The summed E-state index contributed by atoms with van der Waals surface area (Å²) in [4.78, 5) is 18.2. The highest BCUT2D eigenvalue weighted by Crippen LogP contribution is 2.18. The molecule has 0 saturated carbocycles. The number of hydrogen-bond acceptors (Lipinski definition) is 4. The van der Waals surface area contributed by atoms with Gasteiger partial charge in [-0.25, -0.2) is 9.78 Å². The molecule has 0 aliphatic heterocycles. The first-order valence-electron chi connectivity index (χ1n) is 5.89. The first-order valence-corrected chi connectivity index (χ1v) is 5.89. The van der Waals surface area contributed by atoms with E-state index in [-0.39, 0.29) is 5.97 Å². The number of nitrogens with zero attached hydrogens (tertiary/aromatic N) is 3. The summed E-state index contributed by atoms with van der Waals surface area (Å²) in [5.41, 5.74) is 1.34. The Morgan fingerprint density at radius 1 is 1.50 bits per heavy atom. The standard InChI is InChI=1S/C13H17N3O2/c1-4-18-13(17)11-8-10-6-5-7-14-12(10)16(11)9-15(2)3/h5-8H,4,9H2,1-3H3. The highest BCUT2D eigenvalue weighted by atomic mass is 16.5. The molecule has 2 rings (SSSR count). The number of aromatic nitrogens is 2. The molecule has 0 unspecified atom stereocenters. The van der Waals surface area contributed by atoms with E-state index in [1.165, 1.54) is 0 Å². The largest absolute Gasteiger partial charge is 0.461 e. The lowest BCUT2D eigenvalue weighted by Crippen LogP contribution is -2.21. The Balaban J connectivity index is 2.53. The summed E-state index contributed by atoms with van der Waals surface area (Å²) >= 11 is 0. The van der Waals surface area contributed by atoms with Crippen LogP contribution in [0.4, 0.5) is 0 Å². The van der Waals surface area contributed by atoms with Gasteiger partial charge in [0.25, 0.3) is 0 Å². The predicted octanol–water partition coefficient (Wildman–Crippen LogP) is 1.73. The number of pyridine rings is 1. The first kappa shape index (κ1) is 12.6. The molecule has 0 saturated heterocycles. The number of ether oxygens (including phenoxy) is 1. The summed E-state index contributed by atoms with van der Waals surface area (Å²) in [6, 6.07) is 5.62. The topological polar surface area (TPSA) is 47.4 Å². The minimum absolute atomic E-state index is 0.308. The molecule has 0 atom stereocenters. The van der Waals surface area contributed by atoms with Crippen LogP contribution in [-0.2, 0) is 11.4 Å². The SMILES string of the molecule is CCOC(=O)c1cc2cccnc2n1CN(C)C. The molecule has 2 aromatic rings. The zero-order valence-electron chi connectivity index (χ0n) is 10.9. The van der Waals surface area contributed by atoms with Crippen LogP contribution >= 0.6 is 0 Å². The molecule has 18 heavy (non-hydrogen) atoms. The molecule has 2 heterocycles. The highest BCUT2D eigenvalue weighted by Gasteiger charge is 2.17. The van der Waals surface area contributed by atoms with Crippen molar-refractivity contribution in [3.8, 4) is 0 Å². The number of rotatable bonds is 4. The van der Waals surface area contributed by atoms with Crippen LogP contribution in [0, 0.1) is 0 Å². The number of hydrogen-bond donors (Lipinski definition) is 0. The normalized spacial score (nSPS) is 11.1. The maximum atomic E-state index is 11.9. The number of carbonyl (C=O) groups excluding carboxylic acids is 1. The molecule has 0 N–H and O–H groups in total. The molecule has 5 heteroatoms. The lowest BCUT2D eigenvalue weighted by Gasteiger charge is -2.14. The smallest absolute Gasteiger partial charge is 0.355 e. The Morgan fingerprint density at radius 3 is 2.94 bits per heavy atom. The monoisotopic (exact) mass is 247 g/mol. The van der Waals surface area contributed by atoms with E-state index in [0.717, 1.165) is 11.0 Å². The average molecular weight is 247 g/mol. The third kappa shape index (κ3) is 2.36. The summed E-state index contributed by atoms with van der Waals surface area (Å²) in [5, 5.41) is 0.947. The van der Waals surface area contributed by atoms with Crippen LogP contribution in [0.2, 0.25) is 0 Å². The maximum absolute atomic E-state index is 11.9. The minimum atomic E-state index is -0.308. The van der Waals surface area contributed by atoms with Gasteiger partial charge in [0.1, 0.15) is 11.3 Å². The summed E-state index contributed by atoms with van der Waals surface area (Å²) < 4.78 is 6.94. The van der Waals surface area contributed by atoms with E-state index < -0.39 is 0 Å². The molecule has 0 bridgehead atoms. The average Bonchev–Trinajstić information content (AvgIpc) is 2.68. The second-order valence-electron chi connectivity index (χ2n) is 4.32.